The number of amides is 2. The Labute approximate surface area is 187 Å². The van der Waals surface area contributed by atoms with Crippen LogP contribution in [0.3, 0.4) is 0 Å². The summed E-state index contributed by atoms with van der Waals surface area (Å²) in [7, 11) is 0. The van der Waals surface area contributed by atoms with E-state index in [0.717, 1.165) is 38.0 Å². The van der Waals surface area contributed by atoms with Gasteiger partial charge in [-0.2, -0.15) is 10.4 Å². The van der Waals surface area contributed by atoms with Gasteiger partial charge in [-0.15, -0.1) is 0 Å². The van der Waals surface area contributed by atoms with Gasteiger partial charge in [0.1, 0.15) is 5.56 Å². The van der Waals surface area contributed by atoms with E-state index in [1.54, 1.807) is 10.9 Å². The third-order valence-corrected chi connectivity index (χ3v) is 6.48. The molecular weight excluding hydrogens is 406 g/mol. The highest BCUT2D eigenvalue weighted by Crippen LogP contribution is 2.36. The number of benzene rings is 1. The molecule has 9 heteroatoms. The summed E-state index contributed by atoms with van der Waals surface area (Å²) in [5, 5.41) is 16.8. The highest BCUT2D eigenvalue weighted by molar-refractivity contribution is 6.02. The first-order valence-electron chi connectivity index (χ1n) is 11.0. The highest BCUT2D eigenvalue weighted by Gasteiger charge is 2.39. The molecule has 0 unspecified atom stereocenters. The number of rotatable bonds is 8. The van der Waals surface area contributed by atoms with Crippen molar-refractivity contribution in [2.24, 2.45) is 17.4 Å². The molecule has 2 amide bonds. The van der Waals surface area contributed by atoms with Crippen LogP contribution in [0.5, 0.6) is 0 Å². The summed E-state index contributed by atoms with van der Waals surface area (Å²) in [6.45, 7) is 2.89. The molecule has 0 spiro atoms. The van der Waals surface area contributed by atoms with Crippen molar-refractivity contribution < 1.29 is 9.59 Å². The molecule has 2 aromatic rings. The lowest BCUT2D eigenvalue weighted by atomic mass is 9.84. The lowest BCUT2D eigenvalue weighted by molar-refractivity contribution is -0.117. The number of piperidine rings is 1. The molecular formula is C23H29N7O2. The van der Waals surface area contributed by atoms with Gasteiger partial charge in [-0.1, -0.05) is 24.3 Å². The molecule has 0 bridgehead atoms. The molecule has 1 aliphatic carbocycles. The zero-order chi connectivity index (χ0) is 22.7. The first-order valence-corrected chi connectivity index (χ1v) is 11.0. The van der Waals surface area contributed by atoms with Gasteiger partial charge in [0.05, 0.1) is 18.0 Å². The normalized spacial score (nSPS) is 18.1. The predicted octanol–water partition coefficient (Wildman–Crippen LogP) is 1.69. The van der Waals surface area contributed by atoms with Gasteiger partial charge in [0, 0.05) is 38.3 Å². The van der Waals surface area contributed by atoms with Crippen molar-refractivity contribution in [1.29, 1.82) is 5.26 Å². The SMILES string of the molecule is N#CCC1(n2cc(C(N)=O)c(NC(=O)C3CC3)n2)CCN(Cc2cccc(CN)c2)CC1. The van der Waals surface area contributed by atoms with Gasteiger partial charge < -0.3 is 16.8 Å². The van der Waals surface area contributed by atoms with Gasteiger partial charge in [-0.3, -0.25) is 19.2 Å². The summed E-state index contributed by atoms with van der Waals surface area (Å²) in [4.78, 5) is 26.6. The van der Waals surface area contributed by atoms with E-state index in [9.17, 15) is 14.9 Å². The number of primary amides is 1. The zero-order valence-electron chi connectivity index (χ0n) is 18.1. The minimum atomic E-state index is -0.647. The number of aromatic nitrogens is 2. The summed E-state index contributed by atoms with van der Waals surface area (Å²) >= 11 is 0. The molecule has 1 aromatic carbocycles. The van der Waals surface area contributed by atoms with E-state index in [-0.39, 0.29) is 29.6 Å². The summed E-state index contributed by atoms with van der Waals surface area (Å²) in [6.07, 6.45) is 4.95. The maximum atomic E-state index is 12.2. The minimum absolute atomic E-state index is 0.0186. The highest BCUT2D eigenvalue weighted by atomic mass is 16.2. The Bertz CT molecular complexity index is 1040. The van der Waals surface area contributed by atoms with E-state index < -0.39 is 11.4 Å². The number of nitrogens with two attached hydrogens (primary N) is 2. The average molecular weight is 436 g/mol. The second-order valence-corrected chi connectivity index (χ2v) is 8.82. The number of hydrogen-bond donors (Lipinski definition) is 3. The second-order valence-electron chi connectivity index (χ2n) is 8.82. The molecule has 0 atom stereocenters. The Kier molecular flexibility index (Phi) is 6.26. The number of carbonyl (C=O) groups is 2. The number of likely N-dealkylation sites (tertiary alicyclic amines) is 1. The number of nitrogens with zero attached hydrogens (tertiary/aromatic N) is 4. The average Bonchev–Trinajstić information content (AvgIpc) is 3.55. The molecule has 32 heavy (non-hydrogen) atoms. The fourth-order valence-electron chi connectivity index (χ4n) is 4.33. The molecule has 0 radical (unpaired) electrons. The lowest BCUT2D eigenvalue weighted by Gasteiger charge is -2.40. The molecule has 5 N–H and O–H groups in total. The van der Waals surface area contributed by atoms with Crippen LogP contribution in [0.2, 0.25) is 0 Å². The first kappa shape index (κ1) is 22.0. The van der Waals surface area contributed by atoms with Crippen molar-refractivity contribution in [2.45, 2.75) is 50.7 Å². The maximum absolute atomic E-state index is 12.2. The minimum Gasteiger partial charge on any atom is -0.365 e. The predicted molar refractivity (Wildman–Crippen MR) is 119 cm³/mol. The molecule has 2 heterocycles. The van der Waals surface area contributed by atoms with Gasteiger partial charge in [0.25, 0.3) is 5.91 Å². The molecule has 1 aromatic heterocycles. The van der Waals surface area contributed by atoms with Crippen LogP contribution in [0.25, 0.3) is 0 Å². The van der Waals surface area contributed by atoms with Crippen molar-refractivity contribution in [3.63, 3.8) is 0 Å². The summed E-state index contributed by atoms with van der Waals surface area (Å²) in [5.74, 6) is -0.615. The number of anilines is 1. The monoisotopic (exact) mass is 435 g/mol. The summed E-state index contributed by atoms with van der Waals surface area (Å²) < 4.78 is 1.69. The third kappa shape index (κ3) is 4.66. The molecule has 2 fully saturated rings. The van der Waals surface area contributed by atoms with Crippen LogP contribution >= 0.6 is 0 Å². The van der Waals surface area contributed by atoms with Crippen LogP contribution in [0.15, 0.2) is 30.5 Å². The molecule has 168 valence electrons. The molecule has 1 aliphatic heterocycles. The smallest absolute Gasteiger partial charge is 0.254 e. The van der Waals surface area contributed by atoms with Gasteiger partial charge in [-0.05, 0) is 36.8 Å². The van der Waals surface area contributed by atoms with Crippen LogP contribution in [0.1, 0.15) is 53.6 Å². The van der Waals surface area contributed by atoms with Crippen molar-refractivity contribution in [2.75, 3.05) is 18.4 Å². The molecule has 9 nitrogen and oxygen atoms in total. The van der Waals surface area contributed by atoms with E-state index in [1.807, 2.05) is 12.1 Å². The molecule has 4 rings (SSSR count). The quantitative estimate of drug-likeness (QED) is 0.576. The fourth-order valence-corrected chi connectivity index (χ4v) is 4.33. The Morgan fingerprint density at radius 1 is 1.25 bits per heavy atom. The van der Waals surface area contributed by atoms with Gasteiger partial charge in [0.15, 0.2) is 5.82 Å². The van der Waals surface area contributed by atoms with Crippen LogP contribution < -0.4 is 16.8 Å². The standard InChI is InChI=1S/C23H29N7O2/c24-9-6-23(7-10-29(11-8-23)14-17-3-1-2-16(12-17)13-25)30-15-19(20(26)31)21(28-30)27-22(32)18-4-5-18/h1-3,12,15,18H,4-8,10-11,13-14,25H2,(H2,26,31)(H,27,28,32). The van der Waals surface area contributed by atoms with E-state index in [0.29, 0.717) is 19.4 Å². The molecule has 2 aliphatic rings. The van der Waals surface area contributed by atoms with E-state index in [4.69, 9.17) is 11.5 Å². The molecule has 1 saturated heterocycles. The third-order valence-electron chi connectivity index (χ3n) is 6.48. The van der Waals surface area contributed by atoms with Crippen molar-refractivity contribution >= 4 is 17.6 Å². The van der Waals surface area contributed by atoms with Crippen LogP contribution in [0.4, 0.5) is 5.82 Å². The van der Waals surface area contributed by atoms with Gasteiger partial charge in [-0.25, -0.2) is 0 Å². The number of nitrogens with one attached hydrogen (secondary N) is 1. The fraction of sp³-hybridized carbons (Fsp3) is 0.478. The summed E-state index contributed by atoms with van der Waals surface area (Å²) in [5.41, 5.74) is 13.3. The van der Waals surface area contributed by atoms with Crippen LogP contribution in [0, 0.1) is 17.2 Å². The summed E-state index contributed by atoms with van der Waals surface area (Å²) in [6, 6.07) is 10.5. The number of nitriles is 1. The Morgan fingerprint density at radius 3 is 2.59 bits per heavy atom. The van der Waals surface area contributed by atoms with E-state index in [1.165, 1.54) is 5.56 Å². The second kappa shape index (κ2) is 9.10. The Morgan fingerprint density at radius 2 is 1.97 bits per heavy atom. The van der Waals surface area contributed by atoms with Crippen molar-refractivity contribution in [3.05, 3.63) is 47.2 Å². The van der Waals surface area contributed by atoms with Crippen molar-refractivity contribution in [3.8, 4) is 6.07 Å². The lowest BCUT2D eigenvalue weighted by Crippen LogP contribution is -2.46. The van der Waals surface area contributed by atoms with E-state index in [2.05, 4.69) is 33.5 Å². The Hall–Kier alpha value is -3.22. The topological polar surface area (TPSA) is 143 Å². The maximum Gasteiger partial charge on any atom is 0.254 e. The van der Waals surface area contributed by atoms with Gasteiger partial charge >= 0.3 is 0 Å². The van der Waals surface area contributed by atoms with Crippen molar-refractivity contribution in [1.82, 2.24) is 14.7 Å². The molecule has 1 saturated carbocycles. The largest absolute Gasteiger partial charge is 0.365 e. The van der Waals surface area contributed by atoms with Crippen LogP contribution in [-0.4, -0.2) is 39.6 Å². The van der Waals surface area contributed by atoms with Gasteiger partial charge in [0.2, 0.25) is 5.91 Å². The number of carbonyl (C=O) groups excluding carboxylic acids is 2. The first-order chi connectivity index (χ1) is 15.4. The van der Waals surface area contributed by atoms with E-state index >= 15 is 0 Å². The zero-order valence-corrected chi connectivity index (χ0v) is 18.1. The van der Waals surface area contributed by atoms with Crippen LogP contribution in [-0.2, 0) is 23.4 Å². The Balaban J connectivity index is 1.51. The number of hydrogen-bond acceptors (Lipinski definition) is 6.